The molecule has 0 radical (unpaired) electrons. The maximum Gasteiger partial charge on any atom is 0.233 e. The van der Waals surface area contributed by atoms with Gasteiger partial charge < -0.3 is 5.32 Å². The van der Waals surface area contributed by atoms with Crippen LogP contribution in [0.1, 0.15) is 33.3 Å². The Morgan fingerprint density at radius 2 is 1.78 bits per heavy atom. The number of amides is 1. The van der Waals surface area contributed by atoms with Gasteiger partial charge in [0.05, 0.1) is 5.25 Å². The summed E-state index contributed by atoms with van der Waals surface area (Å²) in [7, 11) is 0. The predicted octanol–water partition coefficient (Wildman–Crippen LogP) is 3.47. The summed E-state index contributed by atoms with van der Waals surface area (Å²) in [6.45, 7) is 8.26. The molecule has 1 amide bonds. The number of hydrogen-bond acceptors (Lipinski definition) is 2. The molecule has 3 heteroatoms. The molecule has 0 fully saturated rings. The van der Waals surface area contributed by atoms with Gasteiger partial charge in [0.2, 0.25) is 5.91 Å². The fraction of sp³-hybridized carbons (Fsp3) is 0.533. The van der Waals surface area contributed by atoms with Crippen molar-refractivity contribution >= 4 is 17.7 Å². The van der Waals surface area contributed by atoms with Gasteiger partial charge in [0.25, 0.3) is 0 Å². The molecule has 0 aliphatic heterocycles. The summed E-state index contributed by atoms with van der Waals surface area (Å²) in [5.41, 5.74) is 1.26. The van der Waals surface area contributed by atoms with E-state index in [9.17, 15) is 4.79 Å². The average molecular weight is 265 g/mol. The van der Waals surface area contributed by atoms with Crippen LogP contribution < -0.4 is 5.32 Å². The van der Waals surface area contributed by atoms with Crippen LogP contribution in [0.2, 0.25) is 0 Å². The lowest BCUT2D eigenvalue weighted by molar-refractivity contribution is -0.121. The molecule has 0 aliphatic carbocycles. The Labute approximate surface area is 115 Å². The first-order valence-electron chi connectivity index (χ1n) is 6.46. The maximum atomic E-state index is 11.9. The smallest absolute Gasteiger partial charge is 0.233 e. The van der Waals surface area contributed by atoms with E-state index in [0.717, 1.165) is 5.75 Å². The molecule has 2 atom stereocenters. The highest BCUT2D eigenvalue weighted by molar-refractivity contribution is 7.99. The molecule has 0 spiro atoms. The SMILES string of the molecule is CC(C)[C@H](C)NC(=O)[C@@H](C)SCc1ccccc1. The third-order valence-corrected chi connectivity index (χ3v) is 4.30. The zero-order valence-corrected chi connectivity index (χ0v) is 12.5. The number of carbonyl (C=O) groups excluding carboxylic acids is 1. The van der Waals surface area contributed by atoms with Gasteiger partial charge in [0.1, 0.15) is 0 Å². The van der Waals surface area contributed by atoms with Gasteiger partial charge in [-0.2, -0.15) is 0 Å². The van der Waals surface area contributed by atoms with Crippen molar-refractivity contribution in [2.75, 3.05) is 0 Å². The summed E-state index contributed by atoms with van der Waals surface area (Å²) in [5.74, 6) is 1.49. The molecule has 2 nitrogen and oxygen atoms in total. The number of hydrogen-bond donors (Lipinski definition) is 1. The summed E-state index contributed by atoms with van der Waals surface area (Å²) in [6, 6.07) is 10.5. The Bertz CT molecular complexity index is 364. The van der Waals surface area contributed by atoms with Crippen LogP contribution in [0, 0.1) is 5.92 Å². The lowest BCUT2D eigenvalue weighted by Crippen LogP contribution is -2.40. The molecule has 1 aromatic rings. The van der Waals surface area contributed by atoms with Crippen molar-refractivity contribution in [2.24, 2.45) is 5.92 Å². The molecule has 0 saturated carbocycles. The zero-order valence-electron chi connectivity index (χ0n) is 11.6. The minimum atomic E-state index is -0.00796. The van der Waals surface area contributed by atoms with Crippen LogP contribution in [-0.2, 0) is 10.5 Å². The van der Waals surface area contributed by atoms with Crippen LogP contribution in [-0.4, -0.2) is 17.2 Å². The van der Waals surface area contributed by atoms with Crippen molar-refractivity contribution in [1.82, 2.24) is 5.32 Å². The van der Waals surface area contributed by atoms with E-state index in [1.165, 1.54) is 5.56 Å². The van der Waals surface area contributed by atoms with Gasteiger partial charge in [-0.3, -0.25) is 4.79 Å². The lowest BCUT2D eigenvalue weighted by Gasteiger charge is -2.20. The summed E-state index contributed by atoms with van der Waals surface area (Å²) in [4.78, 5) is 11.9. The molecule has 1 aromatic carbocycles. The van der Waals surface area contributed by atoms with Crippen LogP contribution in [0.5, 0.6) is 0 Å². The second kappa shape index (κ2) is 7.47. The largest absolute Gasteiger partial charge is 0.352 e. The first-order chi connectivity index (χ1) is 8.50. The molecule has 1 rings (SSSR count). The average Bonchev–Trinajstić information content (AvgIpc) is 2.36. The molecule has 1 N–H and O–H groups in total. The van der Waals surface area contributed by atoms with Crippen LogP contribution in [0.15, 0.2) is 30.3 Å². The van der Waals surface area contributed by atoms with E-state index in [1.807, 2.05) is 25.1 Å². The van der Waals surface area contributed by atoms with Crippen molar-refractivity contribution in [2.45, 2.75) is 44.7 Å². The molecular formula is C15H23NOS. The first kappa shape index (κ1) is 15.1. The van der Waals surface area contributed by atoms with Crippen molar-refractivity contribution in [3.05, 3.63) is 35.9 Å². The Morgan fingerprint density at radius 1 is 1.17 bits per heavy atom. The van der Waals surface area contributed by atoms with Gasteiger partial charge in [-0.1, -0.05) is 44.2 Å². The summed E-state index contributed by atoms with van der Waals surface area (Å²) < 4.78 is 0. The van der Waals surface area contributed by atoms with Crippen LogP contribution >= 0.6 is 11.8 Å². The van der Waals surface area contributed by atoms with Gasteiger partial charge in [-0.25, -0.2) is 0 Å². The third kappa shape index (κ3) is 5.13. The molecule has 0 bridgehead atoms. The van der Waals surface area contributed by atoms with E-state index in [-0.39, 0.29) is 17.2 Å². The van der Waals surface area contributed by atoms with Gasteiger partial charge in [-0.05, 0) is 25.3 Å². The van der Waals surface area contributed by atoms with Crippen molar-refractivity contribution in [3.8, 4) is 0 Å². The molecule has 0 aromatic heterocycles. The minimum absolute atomic E-state index is 0.00796. The highest BCUT2D eigenvalue weighted by Crippen LogP contribution is 2.18. The summed E-state index contributed by atoms with van der Waals surface area (Å²) >= 11 is 1.68. The van der Waals surface area contributed by atoms with E-state index in [2.05, 4.69) is 38.2 Å². The number of rotatable bonds is 6. The second-order valence-corrected chi connectivity index (χ2v) is 6.31. The molecule has 100 valence electrons. The van der Waals surface area contributed by atoms with Crippen molar-refractivity contribution in [3.63, 3.8) is 0 Å². The fourth-order valence-electron chi connectivity index (χ4n) is 1.38. The predicted molar refractivity (Wildman–Crippen MR) is 79.6 cm³/mol. The Kier molecular flexibility index (Phi) is 6.27. The molecular weight excluding hydrogens is 242 g/mol. The van der Waals surface area contributed by atoms with Crippen LogP contribution in [0.3, 0.4) is 0 Å². The van der Waals surface area contributed by atoms with Gasteiger partial charge in [0, 0.05) is 11.8 Å². The maximum absolute atomic E-state index is 11.9. The van der Waals surface area contributed by atoms with E-state index >= 15 is 0 Å². The number of benzene rings is 1. The van der Waals surface area contributed by atoms with Gasteiger partial charge >= 0.3 is 0 Å². The highest BCUT2D eigenvalue weighted by atomic mass is 32.2. The summed E-state index contributed by atoms with van der Waals surface area (Å²) in [6.07, 6.45) is 0. The minimum Gasteiger partial charge on any atom is -0.352 e. The molecule has 18 heavy (non-hydrogen) atoms. The summed E-state index contributed by atoms with van der Waals surface area (Å²) in [5, 5.41) is 3.05. The topological polar surface area (TPSA) is 29.1 Å². The van der Waals surface area contributed by atoms with Crippen molar-refractivity contribution < 1.29 is 4.79 Å². The second-order valence-electron chi connectivity index (χ2n) is 4.98. The van der Waals surface area contributed by atoms with E-state index in [0.29, 0.717) is 5.92 Å². The van der Waals surface area contributed by atoms with Gasteiger partial charge in [-0.15, -0.1) is 11.8 Å². The standard InChI is InChI=1S/C15H23NOS/c1-11(2)12(3)16-15(17)13(4)18-10-14-8-6-5-7-9-14/h5-9,11-13H,10H2,1-4H3,(H,16,17)/t12-,13+/m0/s1. The van der Waals surface area contributed by atoms with E-state index in [1.54, 1.807) is 11.8 Å². The van der Waals surface area contributed by atoms with Gasteiger partial charge in [0.15, 0.2) is 0 Å². The monoisotopic (exact) mass is 265 g/mol. The Morgan fingerprint density at radius 3 is 2.33 bits per heavy atom. The first-order valence-corrected chi connectivity index (χ1v) is 7.51. The molecule has 0 heterocycles. The number of carbonyl (C=O) groups is 1. The number of thioether (sulfide) groups is 1. The fourth-order valence-corrected chi connectivity index (χ4v) is 2.23. The third-order valence-electron chi connectivity index (χ3n) is 3.08. The lowest BCUT2D eigenvalue weighted by atomic mass is 10.1. The molecule has 0 unspecified atom stereocenters. The zero-order chi connectivity index (χ0) is 13.5. The van der Waals surface area contributed by atoms with E-state index in [4.69, 9.17) is 0 Å². The Balaban J connectivity index is 2.36. The van der Waals surface area contributed by atoms with Crippen LogP contribution in [0.25, 0.3) is 0 Å². The quantitative estimate of drug-likeness (QED) is 0.853. The number of nitrogens with one attached hydrogen (secondary N) is 1. The normalized spacial score (nSPS) is 14.3. The van der Waals surface area contributed by atoms with E-state index < -0.39 is 0 Å². The molecule has 0 aliphatic rings. The van der Waals surface area contributed by atoms with Crippen LogP contribution in [0.4, 0.5) is 0 Å². The van der Waals surface area contributed by atoms with Crippen molar-refractivity contribution in [1.29, 1.82) is 0 Å². The molecule has 0 saturated heterocycles. The highest BCUT2D eigenvalue weighted by Gasteiger charge is 2.17. The Hall–Kier alpha value is -0.960.